The first-order chi connectivity index (χ1) is 10.5. The Hall–Kier alpha value is -2.27. The lowest BCUT2D eigenvalue weighted by atomic mass is 9.97. The van der Waals surface area contributed by atoms with Crippen LogP contribution in [0.5, 0.6) is 11.5 Å². The first-order valence-electron chi connectivity index (χ1n) is 6.97. The topological polar surface area (TPSA) is 68.9 Å². The van der Waals surface area contributed by atoms with E-state index in [1.165, 1.54) is 20.3 Å². The van der Waals surface area contributed by atoms with E-state index in [1.807, 2.05) is 19.9 Å². The fourth-order valence-corrected chi connectivity index (χ4v) is 2.29. The number of aromatic hydroxyl groups is 1. The second-order valence-corrected chi connectivity index (χ2v) is 5.32. The number of benzene rings is 1. The molecule has 0 unspecified atom stereocenters. The Kier molecular flexibility index (Phi) is 4.88. The van der Waals surface area contributed by atoms with Crippen LogP contribution in [0.3, 0.4) is 0 Å². The van der Waals surface area contributed by atoms with Gasteiger partial charge in [-0.3, -0.25) is 4.79 Å². The number of carbonyl (C=O) groups is 1. The van der Waals surface area contributed by atoms with Crippen LogP contribution >= 0.6 is 0 Å². The standard InChI is InChI=1S/C17H20O5/c1-10(2)5-6-12-13(11(3)18)7-15-16(14(19)8-21-15)17(12)22-9-20-4/h5,7-8,19H,6,9H2,1-4H3. The van der Waals surface area contributed by atoms with Crippen molar-refractivity contribution in [3.8, 4) is 11.5 Å². The third-order valence-electron chi connectivity index (χ3n) is 3.32. The first kappa shape index (κ1) is 16.1. The molecule has 2 rings (SSSR count). The molecule has 0 radical (unpaired) electrons. The lowest BCUT2D eigenvalue weighted by Gasteiger charge is -2.14. The maximum atomic E-state index is 12.0. The molecule has 5 heteroatoms. The molecular formula is C17H20O5. The smallest absolute Gasteiger partial charge is 0.188 e. The summed E-state index contributed by atoms with van der Waals surface area (Å²) in [4.78, 5) is 12.0. The molecule has 0 saturated heterocycles. The Morgan fingerprint density at radius 3 is 2.68 bits per heavy atom. The van der Waals surface area contributed by atoms with Crippen molar-refractivity contribution in [2.75, 3.05) is 13.9 Å². The van der Waals surface area contributed by atoms with Gasteiger partial charge < -0.3 is 19.0 Å². The third-order valence-corrected chi connectivity index (χ3v) is 3.32. The fourth-order valence-electron chi connectivity index (χ4n) is 2.29. The van der Waals surface area contributed by atoms with E-state index in [2.05, 4.69) is 0 Å². The Bertz CT molecular complexity index is 720. The van der Waals surface area contributed by atoms with Crippen LogP contribution in [0.2, 0.25) is 0 Å². The molecule has 118 valence electrons. The summed E-state index contributed by atoms with van der Waals surface area (Å²) in [6.45, 7) is 5.48. The molecule has 0 amide bonds. The minimum Gasteiger partial charge on any atom is -0.504 e. The molecule has 0 atom stereocenters. The highest BCUT2D eigenvalue weighted by Gasteiger charge is 2.21. The summed E-state index contributed by atoms with van der Waals surface area (Å²) in [7, 11) is 1.51. The average Bonchev–Trinajstić information content (AvgIpc) is 2.83. The van der Waals surface area contributed by atoms with Crippen molar-refractivity contribution < 1.29 is 23.8 Å². The summed E-state index contributed by atoms with van der Waals surface area (Å²) in [6.07, 6.45) is 3.76. The maximum absolute atomic E-state index is 12.0. The molecule has 1 heterocycles. The van der Waals surface area contributed by atoms with Crippen molar-refractivity contribution in [1.29, 1.82) is 0 Å². The molecule has 0 aliphatic carbocycles. The van der Waals surface area contributed by atoms with E-state index in [9.17, 15) is 9.90 Å². The van der Waals surface area contributed by atoms with Gasteiger partial charge in [-0.1, -0.05) is 11.6 Å². The maximum Gasteiger partial charge on any atom is 0.188 e. The minimum atomic E-state index is -0.0859. The first-order valence-corrected chi connectivity index (χ1v) is 6.97. The van der Waals surface area contributed by atoms with E-state index >= 15 is 0 Å². The summed E-state index contributed by atoms with van der Waals surface area (Å²) in [5.41, 5.74) is 2.78. The van der Waals surface area contributed by atoms with Crippen LogP contribution in [-0.2, 0) is 11.2 Å². The van der Waals surface area contributed by atoms with Gasteiger partial charge in [0.25, 0.3) is 0 Å². The number of fused-ring (bicyclic) bond motifs is 1. The lowest BCUT2D eigenvalue weighted by Crippen LogP contribution is -2.06. The van der Waals surface area contributed by atoms with Gasteiger partial charge in [0.05, 0.1) is 0 Å². The van der Waals surface area contributed by atoms with Gasteiger partial charge in [-0.2, -0.15) is 0 Å². The van der Waals surface area contributed by atoms with Crippen molar-refractivity contribution in [3.05, 3.63) is 35.1 Å². The molecule has 0 bridgehead atoms. The van der Waals surface area contributed by atoms with Crippen molar-refractivity contribution >= 4 is 16.8 Å². The number of hydrogen-bond donors (Lipinski definition) is 1. The van der Waals surface area contributed by atoms with E-state index in [0.29, 0.717) is 28.7 Å². The van der Waals surface area contributed by atoms with Crippen LogP contribution in [-0.4, -0.2) is 24.8 Å². The van der Waals surface area contributed by atoms with E-state index in [4.69, 9.17) is 13.9 Å². The molecule has 5 nitrogen and oxygen atoms in total. The number of rotatable bonds is 6. The zero-order valence-corrected chi connectivity index (χ0v) is 13.2. The van der Waals surface area contributed by atoms with Gasteiger partial charge in [-0.15, -0.1) is 0 Å². The molecular weight excluding hydrogens is 284 g/mol. The van der Waals surface area contributed by atoms with Gasteiger partial charge in [0.2, 0.25) is 0 Å². The molecule has 2 aromatic rings. The zero-order valence-electron chi connectivity index (χ0n) is 13.2. The van der Waals surface area contributed by atoms with Gasteiger partial charge in [-0.25, -0.2) is 0 Å². The summed E-state index contributed by atoms with van der Waals surface area (Å²) < 4.78 is 15.9. The number of hydrogen-bond acceptors (Lipinski definition) is 5. The van der Waals surface area contributed by atoms with Gasteiger partial charge in [0.1, 0.15) is 23.0 Å². The molecule has 0 saturated carbocycles. The summed E-state index contributed by atoms with van der Waals surface area (Å²) in [6, 6.07) is 1.64. The lowest BCUT2D eigenvalue weighted by molar-refractivity contribution is 0.0514. The number of allylic oxidation sites excluding steroid dienone is 2. The monoisotopic (exact) mass is 304 g/mol. The minimum absolute atomic E-state index is 0.0168. The molecule has 22 heavy (non-hydrogen) atoms. The highest BCUT2D eigenvalue weighted by atomic mass is 16.7. The van der Waals surface area contributed by atoms with Crippen LogP contribution < -0.4 is 4.74 Å². The largest absolute Gasteiger partial charge is 0.504 e. The molecule has 0 aliphatic rings. The molecule has 0 aliphatic heterocycles. The van der Waals surface area contributed by atoms with E-state index in [0.717, 1.165) is 11.1 Å². The molecule has 0 fully saturated rings. The Morgan fingerprint density at radius 1 is 1.36 bits per heavy atom. The fraction of sp³-hybridized carbons (Fsp3) is 0.353. The normalized spacial score (nSPS) is 10.7. The quantitative estimate of drug-likeness (QED) is 0.499. The highest BCUT2D eigenvalue weighted by molar-refractivity contribution is 6.03. The van der Waals surface area contributed by atoms with Crippen LogP contribution in [0.25, 0.3) is 11.0 Å². The number of ether oxygens (including phenoxy) is 2. The van der Waals surface area contributed by atoms with Crippen molar-refractivity contribution in [2.24, 2.45) is 0 Å². The van der Waals surface area contributed by atoms with Crippen LogP contribution in [0.1, 0.15) is 36.7 Å². The van der Waals surface area contributed by atoms with E-state index < -0.39 is 0 Å². The SMILES string of the molecule is COCOc1c(CC=C(C)C)c(C(C)=O)cc2occ(O)c12. The van der Waals surface area contributed by atoms with Crippen molar-refractivity contribution in [2.45, 2.75) is 27.2 Å². The predicted octanol–water partition coefficient (Wildman–Crippen LogP) is 3.83. The van der Waals surface area contributed by atoms with Gasteiger partial charge in [0, 0.05) is 18.2 Å². The number of Topliss-reactive ketones (excluding diaryl/α,β-unsaturated/α-hetero) is 1. The second kappa shape index (κ2) is 6.66. The molecule has 0 spiro atoms. The summed E-state index contributed by atoms with van der Waals surface area (Å²) >= 11 is 0. The molecule has 1 aromatic heterocycles. The number of furan rings is 1. The van der Waals surface area contributed by atoms with Gasteiger partial charge >= 0.3 is 0 Å². The average molecular weight is 304 g/mol. The number of methoxy groups -OCH3 is 1. The zero-order chi connectivity index (χ0) is 16.3. The van der Waals surface area contributed by atoms with Crippen molar-refractivity contribution in [1.82, 2.24) is 0 Å². The van der Waals surface area contributed by atoms with Crippen LogP contribution in [0, 0.1) is 0 Å². The van der Waals surface area contributed by atoms with E-state index in [1.54, 1.807) is 6.07 Å². The van der Waals surface area contributed by atoms with Crippen LogP contribution in [0.4, 0.5) is 0 Å². The number of carbonyl (C=O) groups excluding carboxylic acids is 1. The van der Waals surface area contributed by atoms with Crippen molar-refractivity contribution in [3.63, 3.8) is 0 Å². The van der Waals surface area contributed by atoms with E-state index in [-0.39, 0.29) is 18.3 Å². The highest BCUT2D eigenvalue weighted by Crippen LogP contribution is 2.40. The Morgan fingerprint density at radius 2 is 2.09 bits per heavy atom. The predicted molar refractivity (Wildman–Crippen MR) is 83.5 cm³/mol. The third kappa shape index (κ3) is 3.14. The Labute approximate surface area is 129 Å². The second-order valence-electron chi connectivity index (χ2n) is 5.32. The Balaban J connectivity index is 2.72. The number of ketones is 1. The molecule has 1 N–H and O–H groups in total. The summed E-state index contributed by atoms with van der Waals surface area (Å²) in [5, 5.41) is 10.5. The molecule has 1 aromatic carbocycles. The van der Waals surface area contributed by atoms with Gasteiger partial charge in [-0.05, 0) is 33.3 Å². The van der Waals surface area contributed by atoms with Gasteiger partial charge in [0.15, 0.2) is 18.3 Å². The van der Waals surface area contributed by atoms with Crippen LogP contribution in [0.15, 0.2) is 28.4 Å². The summed E-state index contributed by atoms with van der Waals surface area (Å²) in [5.74, 6) is 0.320.